The van der Waals surface area contributed by atoms with Gasteiger partial charge < -0.3 is 4.74 Å². The smallest absolute Gasteiger partial charge is 0.338 e. The lowest BCUT2D eigenvalue weighted by atomic mass is 10.2. The number of nitrogens with zero attached hydrogens (tertiary/aromatic N) is 1. The number of hydroxylamine groups is 1. The van der Waals surface area contributed by atoms with E-state index in [1.807, 2.05) is 30.4 Å². The first kappa shape index (κ1) is 15.9. The lowest BCUT2D eigenvalue weighted by Crippen LogP contribution is -2.24. The molecule has 1 aromatic rings. The molecular formula is C14H21NO3S. The van der Waals surface area contributed by atoms with Gasteiger partial charge in [0.1, 0.15) is 0 Å². The molecule has 0 aromatic heterocycles. The molecule has 0 amide bonds. The van der Waals surface area contributed by atoms with Gasteiger partial charge in [-0.05, 0) is 44.4 Å². The van der Waals surface area contributed by atoms with Crippen LogP contribution in [0, 0.1) is 0 Å². The number of ether oxygens (including phenoxy) is 1. The number of esters is 1. The van der Waals surface area contributed by atoms with Crippen molar-refractivity contribution in [3.05, 3.63) is 29.8 Å². The summed E-state index contributed by atoms with van der Waals surface area (Å²) in [5.41, 5.74) is 1.50. The minimum Gasteiger partial charge on any atom is -0.462 e. The minimum atomic E-state index is -0.291. The van der Waals surface area contributed by atoms with Crippen molar-refractivity contribution in [2.45, 2.75) is 13.8 Å². The Bertz CT molecular complexity index is 381. The second kappa shape index (κ2) is 8.82. The molecule has 0 saturated carbocycles. The minimum absolute atomic E-state index is 0.291. The summed E-state index contributed by atoms with van der Waals surface area (Å²) in [7, 11) is 0. The van der Waals surface area contributed by atoms with Gasteiger partial charge in [-0.1, -0.05) is 0 Å². The quantitative estimate of drug-likeness (QED) is 0.416. The first-order chi connectivity index (χ1) is 9.22. The third-order valence-corrected chi connectivity index (χ3v) is 3.06. The largest absolute Gasteiger partial charge is 0.462 e. The summed E-state index contributed by atoms with van der Waals surface area (Å²) in [5, 5.41) is 1.82. The van der Waals surface area contributed by atoms with Crippen LogP contribution in [0.4, 0.5) is 5.69 Å². The van der Waals surface area contributed by atoms with Gasteiger partial charge in [-0.3, -0.25) is 9.90 Å². The van der Waals surface area contributed by atoms with Gasteiger partial charge in [0.05, 0.1) is 24.5 Å². The Morgan fingerprint density at radius 3 is 2.47 bits per heavy atom. The van der Waals surface area contributed by atoms with Gasteiger partial charge in [0.25, 0.3) is 0 Å². The van der Waals surface area contributed by atoms with Crippen molar-refractivity contribution in [3.63, 3.8) is 0 Å². The number of hydrogen-bond donors (Lipinski definition) is 0. The van der Waals surface area contributed by atoms with E-state index in [1.54, 1.807) is 30.8 Å². The second-order valence-electron chi connectivity index (χ2n) is 3.79. The molecule has 0 saturated heterocycles. The molecular weight excluding hydrogens is 262 g/mol. The number of rotatable bonds is 8. The van der Waals surface area contributed by atoms with E-state index in [0.717, 1.165) is 18.0 Å². The van der Waals surface area contributed by atoms with E-state index >= 15 is 0 Å². The van der Waals surface area contributed by atoms with Crippen LogP contribution in [0.3, 0.4) is 0 Å². The Hall–Kier alpha value is -1.20. The lowest BCUT2D eigenvalue weighted by molar-refractivity contribution is 0.0526. The standard InChI is InChI=1S/C14H21NO3S/c1-4-15(18-10-11-19-3)13-8-6-12(7-9-13)14(16)17-5-2/h6-9H,4-5,10-11H2,1-3H3. The zero-order chi connectivity index (χ0) is 14.1. The van der Waals surface area contributed by atoms with Crippen LogP contribution in [-0.4, -0.2) is 37.7 Å². The number of carbonyl (C=O) groups excluding carboxylic acids is 1. The van der Waals surface area contributed by atoms with Gasteiger partial charge in [-0.2, -0.15) is 11.8 Å². The molecule has 0 atom stereocenters. The van der Waals surface area contributed by atoms with E-state index in [9.17, 15) is 4.79 Å². The number of hydrogen-bond acceptors (Lipinski definition) is 5. The highest BCUT2D eigenvalue weighted by Gasteiger charge is 2.08. The second-order valence-corrected chi connectivity index (χ2v) is 4.77. The predicted octanol–water partition coefficient (Wildman–Crippen LogP) is 2.98. The van der Waals surface area contributed by atoms with Crippen LogP contribution in [0.1, 0.15) is 24.2 Å². The molecule has 0 heterocycles. The Kier molecular flexibility index (Phi) is 7.36. The Morgan fingerprint density at radius 2 is 1.95 bits per heavy atom. The molecule has 4 nitrogen and oxygen atoms in total. The molecule has 0 unspecified atom stereocenters. The average molecular weight is 283 g/mol. The SMILES string of the molecule is CCOC(=O)c1ccc(N(CC)OCCSC)cc1. The zero-order valence-electron chi connectivity index (χ0n) is 11.7. The first-order valence-electron chi connectivity index (χ1n) is 6.39. The van der Waals surface area contributed by atoms with Crippen LogP contribution in [0.2, 0.25) is 0 Å². The molecule has 0 fully saturated rings. The van der Waals surface area contributed by atoms with Gasteiger partial charge in [-0.15, -0.1) is 0 Å². The molecule has 0 radical (unpaired) electrons. The van der Waals surface area contributed by atoms with E-state index in [1.165, 1.54) is 0 Å². The van der Waals surface area contributed by atoms with Crippen molar-refractivity contribution in [1.82, 2.24) is 0 Å². The summed E-state index contributed by atoms with van der Waals surface area (Å²) in [5.74, 6) is 0.664. The van der Waals surface area contributed by atoms with Gasteiger partial charge in [-0.25, -0.2) is 4.79 Å². The van der Waals surface area contributed by atoms with Crippen LogP contribution >= 0.6 is 11.8 Å². The normalized spacial score (nSPS) is 10.3. The van der Waals surface area contributed by atoms with Crippen LogP contribution in [0.25, 0.3) is 0 Å². The van der Waals surface area contributed by atoms with Crippen molar-refractivity contribution < 1.29 is 14.4 Å². The molecule has 0 aliphatic carbocycles. The highest BCUT2D eigenvalue weighted by Crippen LogP contribution is 2.16. The summed E-state index contributed by atoms with van der Waals surface area (Å²) in [6, 6.07) is 7.26. The highest BCUT2D eigenvalue weighted by atomic mass is 32.2. The molecule has 0 aliphatic heterocycles. The van der Waals surface area contributed by atoms with E-state index in [-0.39, 0.29) is 5.97 Å². The molecule has 19 heavy (non-hydrogen) atoms. The van der Waals surface area contributed by atoms with E-state index in [0.29, 0.717) is 18.8 Å². The lowest BCUT2D eigenvalue weighted by Gasteiger charge is -2.22. The number of benzene rings is 1. The molecule has 0 spiro atoms. The summed E-state index contributed by atoms with van der Waals surface area (Å²) < 4.78 is 4.95. The molecule has 0 N–H and O–H groups in total. The van der Waals surface area contributed by atoms with Crippen molar-refractivity contribution in [1.29, 1.82) is 0 Å². The fraction of sp³-hybridized carbons (Fsp3) is 0.500. The topological polar surface area (TPSA) is 38.8 Å². The fourth-order valence-electron chi connectivity index (χ4n) is 1.56. The third-order valence-electron chi connectivity index (χ3n) is 2.49. The van der Waals surface area contributed by atoms with Crippen molar-refractivity contribution in [2.24, 2.45) is 0 Å². The maximum atomic E-state index is 11.5. The van der Waals surface area contributed by atoms with Crippen molar-refractivity contribution in [3.8, 4) is 0 Å². The van der Waals surface area contributed by atoms with Crippen LogP contribution in [0.5, 0.6) is 0 Å². The summed E-state index contributed by atoms with van der Waals surface area (Å²) >= 11 is 1.75. The third kappa shape index (κ3) is 5.12. The number of thioether (sulfide) groups is 1. The average Bonchev–Trinajstić information content (AvgIpc) is 2.44. The van der Waals surface area contributed by atoms with E-state index in [4.69, 9.17) is 9.57 Å². The molecule has 0 aliphatic rings. The van der Waals surface area contributed by atoms with Gasteiger partial charge in [0.2, 0.25) is 0 Å². The number of carbonyl (C=O) groups is 1. The molecule has 5 heteroatoms. The fourth-order valence-corrected chi connectivity index (χ4v) is 1.80. The Balaban J connectivity index is 2.64. The monoisotopic (exact) mass is 283 g/mol. The summed E-state index contributed by atoms with van der Waals surface area (Å²) in [4.78, 5) is 17.2. The van der Waals surface area contributed by atoms with Gasteiger partial charge in [0.15, 0.2) is 0 Å². The molecule has 106 valence electrons. The van der Waals surface area contributed by atoms with E-state index < -0.39 is 0 Å². The van der Waals surface area contributed by atoms with Crippen molar-refractivity contribution >= 4 is 23.4 Å². The molecule has 1 aromatic carbocycles. The Morgan fingerprint density at radius 1 is 1.26 bits per heavy atom. The first-order valence-corrected chi connectivity index (χ1v) is 7.78. The Labute approximate surface area is 119 Å². The van der Waals surface area contributed by atoms with Crippen LogP contribution in [-0.2, 0) is 9.57 Å². The highest BCUT2D eigenvalue weighted by molar-refractivity contribution is 7.98. The maximum absolute atomic E-state index is 11.5. The maximum Gasteiger partial charge on any atom is 0.338 e. The zero-order valence-corrected chi connectivity index (χ0v) is 12.5. The van der Waals surface area contributed by atoms with Crippen LogP contribution < -0.4 is 5.06 Å². The number of anilines is 1. The predicted molar refractivity (Wildman–Crippen MR) is 79.8 cm³/mol. The van der Waals surface area contributed by atoms with Gasteiger partial charge >= 0.3 is 5.97 Å². The van der Waals surface area contributed by atoms with Gasteiger partial charge in [0, 0.05) is 12.3 Å². The van der Waals surface area contributed by atoms with E-state index in [2.05, 4.69) is 0 Å². The summed E-state index contributed by atoms with van der Waals surface area (Å²) in [6.45, 7) is 5.64. The summed E-state index contributed by atoms with van der Waals surface area (Å²) in [6.07, 6.45) is 2.05. The van der Waals surface area contributed by atoms with Crippen LogP contribution in [0.15, 0.2) is 24.3 Å². The molecule has 1 rings (SSSR count). The van der Waals surface area contributed by atoms with Crippen molar-refractivity contribution in [2.75, 3.05) is 36.8 Å². The molecule has 0 bridgehead atoms.